The Labute approximate surface area is 150 Å². The standard InChI is InChI=1S/C19H16ClNO2S/c20-14-6-8-15(9-7-14)22-11-12-23-17-10-5-13-3-1-2-4-16(13)18(17)19(21)24/h1-10H,11-12H2,(H2,21,24). The lowest BCUT2D eigenvalue weighted by Gasteiger charge is -2.14. The van der Waals surface area contributed by atoms with Crippen LogP contribution in [-0.2, 0) is 0 Å². The Balaban J connectivity index is 1.69. The van der Waals surface area contributed by atoms with Crippen LogP contribution >= 0.6 is 23.8 Å². The van der Waals surface area contributed by atoms with Crippen LogP contribution in [0.25, 0.3) is 10.8 Å². The average Bonchev–Trinajstić information content (AvgIpc) is 2.59. The van der Waals surface area contributed by atoms with Crippen molar-refractivity contribution in [1.29, 1.82) is 0 Å². The van der Waals surface area contributed by atoms with Gasteiger partial charge in [0.1, 0.15) is 29.7 Å². The van der Waals surface area contributed by atoms with Crippen LogP contribution in [0.1, 0.15) is 5.56 Å². The Morgan fingerprint density at radius 2 is 1.62 bits per heavy atom. The highest BCUT2D eigenvalue weighted by Crippen LogP contribution is 2.28. The van der Waals surface area contributed by atoms with Gasteiger partial charge in [-0.25, -0.2) is 0 Å². The Hall–Kier alpha value is -2.30. The summed E-state index contributed by atoms with van der Waals surface area (Å²) < 4.78 is 11.5. The van der Waals surface area contributed by atoms with E-state index in [0.29, 0.717) is 29.0 Å². The SMILES string of the molecule is NC(=S)c1c(OCCOc2ccc(Cl)cc2)ccc2ccccc12. The fraction of sp³-hybridized carbons (Fsp3) is 0.105. The van der Waals surface area contributed by atoms with Crippen LogP contribution in [0.2, 0.25) is 5.02 Å². The number of hydrogen-bond acceptors (Lipinski definition) is 3. The summed E-state index contributed by atoms with van der Waals surface area (Å²) in [6.45, 7) is 0.793. The predicted molar refractivity (Wildman–Crippen MR) is 102 cm³/mol. The average molecular weight is 358 g/mol. The van der Waals surface area contributed by atoms with Gasteiger partial charge in [-0.2, -0.15) is 0 Å². The van der Waals surface area contributed by atoms with E-state index in [1.165, 1.54) is 0 Å². The van der Waals surface area contributed by atoms with Crippen molar-refractivity contribution in [2.45, 2.75) is 0 Å². The summed E-state index contributed by atoms with van der Waals surface area (Å²) in [6.07, 6.45) is 0. The first kappa shape index (κ1) is 16.6. The van der Waals surface area contributed by atoms with Crippen molar-refractivity contribution in [1.82, 2.24) is 0 Å². The monoisotopic (exact) mass is 357 g/mol. The third kappa shape index (κ3) is 3.78. The minimum absolute atomic E-state index is 0.320. The molecule has 0 radical (unpaired) electrons. The topological polar surface area (TPSA) is 44.5 Å². The van der Waals surface area contributed by atoms with E-state index in [0.717, 1.165) is 22.1 Å². The van der Waals surface area contributed by atoms with Crippen molar-refractivity contribution >= 4 is 39.6 Å². The van der Waals surface area contributed by atoms with Crippen LogP contribution in [0.15, 0.2) is 60.7 Å². The van der Waals surface area contributed by atoms with E-state index in [1.807, 2.05) is 48.5 Å². The van der Waals surface area contributed by atoms with Gasteiger partial charge in [0.05, 0.1) is 5.56 Å². The number of hydrogen-bond donors (Lipinski definition) is 1. The van der Waals surface area contributed by atoms with Crippen molar-refractivity contribution in [2.75, 3.05) is 13.2 Å². The molecule has 0 atom stereocenters. The molecule has 0 aliphatic carbocycles. The predicted octanol–water partition coefficient (Wildman–Crippen LogP) is 4.59. The summed E-state index contributed by atoms with van der Waals surface area (Å²) in [7, 11) is 0. The number of fused-ring (bicyclic) bond motifs is 1. The first-order chi connectivity index (χ1) is 11.6. The highest BCUT2D eigenvalue weighted by Gasteiger charge is 2.11. The van der Waals surface area contributed by atoms with E-state index in [4.69, 9.17) is 39.0 Å². The second-order valence-corrected chi connectivity index (χ2v) is 6.05. The molecular weight excluding hydrogens is 342 g/mol. The lowest BCUT2D eigenvalue weighted by Crippen LogP contribution is -2.15. The van der Waals surface area contributed by atoms with Gasteiger partial charge in [0.15, 0.2) is 0 Å². The second-order valence-electron chi connectivity index (χ2n) is 5.17. The van der Waals surface area contributed by atoms with Crippen molar-refractivity contribution in [3.05, 3.63) is 71.2 Å². The highest BCUT2D eigenvalue weighted by atomic mass is 35.5. The Kier molecular flexibility index (Phi) is 5.18. The third-order valence-corrected chi connectivity index (χ3v) is 4.02. The maximum Gasteiger partial charge on any atom is 0.130 e. The van der Waals surface area contributed by atoms with Crippen LogP contribution in [0.3, 0.4) is 0 Å². The number of nitrogens with two attached hydrogens (primary N) is 1. The molecule has 5 heteroatoms. The van der Waals surface area contributed by atoms with Crippen LogP contribution in [0.5, 0.6) is 11.5 Å². The molecule has 2 N–H and O–H groups in total. The lowest BCUT2D eigenvalue weighted by atomic mass is 10.0. The largest absolute Gasteiger partial charge is 0.490 e. The molecule has 24 heavy (non-hydrogen) atoms. The van der Waals surface area contributed by atoms with E-state index < -0.39 is 0 Å². The van der Waals surface area contributed by atoms with E-state index in [-0.39, 0.29) is 0 Å². The number of ether oxygens (including phenoxy) is 2. The molecule has 0 bridgehead atoms. The molecule has 0 spiro atoms. The van der Waals surface area contributed by atoms with Crippen LogP contribution < -0.4 is 15.2 Å². The van der Waals surface area contributed by atoms with Gasteiger partial charge in [0.2, 0.25) is 0 Å². The van der Waals surface area contributed by atoms with Crippen LogP contribution in [-0.4, -0.2) is 18.2 Å². The minimum Gasteiger partial charge on any atom is -0.490 e. The summed E-state index contributed by atoms with van der Waals surface area (Å²) >= 11 is 11.0. The molecule has 0 aliphatic rings. The molecule has 0 amide bonds. The third-order valence-electron chi connectivity index (χ3n) is 3.56. The van der Waals surface area contributed by atoms with E-state index >= 15 is 0 Å². The number of thiocarbonyl (C=S) groups is 1. The molecule has 0 heterocycles. The Bertz CT molecular complexity index is 865. The zero-order valence-electron chi connectivity index (χ0n) is 12.9. The first-order valence-electron chi connectivity index (χ1n) is 7.48. The molecule has 122 valence electrons. The zero-order chi connectivity index (χ0) is 16.9. The van der Waals surface area contributed by atoms with E-state index in [1.54, 1.807) is 12.1 Å². The van der Waals surface area contributed by atoms with Crippen LogP contribution in [0.4, 0.5) is 0 Å². The maximum atomic E-state index is 5.90. The van der Waals surface area contributed by atoms with Gasteiger partial charge in [0, 0.05) is 5.02 Å². The minimum atomic E-state index is 0.320. The van der Waals surface area contributed by atoms with Gasteiger partial charge in [-0.3, -0.25) is 0 Å². The van der Waals surface area contributed by atoms with Crippen molar-refractivity contribution in [2.24, 2.45) is 5.73 Å². The molecule has 3 rings (SSSR count). The number of halogens is 1. The fourth-order valence-corrected chi connectivity index (χ4v) is 2.80. The molecule has 3 aromatic carbocycles. The normalized spacial score (nSPS) is 10.5. The summed E-state index contributed by atoms with van der Waals surface area (Å²) in [5.41, 5.74) is 6.66. The molecule has 0 saturated carbocycles. The molecule has 0 fully saturated rings. The van der Waals surface area contributed by atoms with Crippen LogP contribution in [0, 0.1) is 0 Å². The van der Waals surface area contributed by atoms with Gasteiger partial charge < -0.3 is 15.2 Å². The van der Waals surface area contributed by atoms with Crippen molar-refractivity contribution in [3.63, 3.8) is 0 Å². The Morgan fingerprint density at radius 3 is 2.38 bits per heavy atom. The highest BCUT2D eigenvalue weighted by molar-refractivity contribution is 7.80. The number of rotatable bonds is 6. The fourth-order valence-electron chi connectivity index (χ4n) is 2.47. The van der Waals surface area contributed by atoms with Gasteiger partial charge >= 0.3 is 0 Å². The molecule has 3 aromatic rings. The molecule has 3 nitrogen and oxygen atoms in total. The van der Waals surface area contributed by atoms with Gasteiger partial charge in [-0.15, -0.1) is 0 Å². The zero-order valence-corrected chi connectivity index (χ0v) is 14.4. The summed E-state index contributed by atoms with van der Waals surface area (Å²) in [4.78, 5) is 0.320. The van der Waals surface area contributed by atoms with Crippen molar-refractivity contribution < 1.29 is 9.47 Å². The maximum absolute atomic E-state index is 5.90. The van der Waals surface area contributed by atoms with Gasteiger partial charge in [0.25, 0.3) is 0 Å². The molecular formula is C19H16ClNO2S. The Morgan fingerprint density at radius 1 is 0.917 bits per heavy atom. The second kappa shape index (κ2) is 7.51. The molecule has 0 saturated heterocycles. The summed E-state index contributed by atoms with van der Waals surface area (Å²) in [5, 5.41) is 2.74. The first-order valence-corrected chi connectivity index (χ1v) is 8.26. The summed E-state index contributed by atoms with van der Waals surface area (Å²) in [5.74, 6) is 1.41. The molecule has 0 aromatic heterocycles. The van der Waals surface area contributed by atoms with Gasteiger partial charge in [-0.05, 0) is 41.1 Å². The van der Waals surface area contributed by atoms with E-state index in [9.17, 15) is 0 Å². The quantitative estimate of drug-likeness (QED) is 0.518. The number of benzene rings is 3. The lowest BCUT2D eigenvalue weighted by molar-refractivity contribution is 0.217. The molecule has 0 aliphatic heterocycles. The van der Waals surface area contributed by atoms with E-state index in [2.05, 4.69) is 0 Å². The molecule has 0 unspecified atom stereocenters. The summed E-state index contributed by atoms with van der Waals surface area (Å²) in [6, 6.07) is 19.0. The smallest absolute Gasteiger partial charge is 0.130 e. The van der Waals surface area contributed by atoms with Gasteiger partial charge in [-0.1, -0.05) is 54.2 Å². The van der Waals surface area contributed by atoms with Crippen molar-refractivity contribution in [3.8, 4) is 11.5 Å².